The van der Waals surface area contributed by atoms with E-state index in [0.717, 1.165) is 18.8 Å². The quantitative estimate of drug-likeness (QED) is 0.845. The molecule has 0 spiro atoms. The van der Waals surface area contributed by atoms with E-state index in [2.05, 4.69) is 46.0 Å². The Bertz CT molecular complexity index is 565. The Morgan fingerprint density at radius 2 is 2.19 bits per heavy atom. The Morgan fingerprint density at radius 3 is 2.86 bits per heavy atom. The van der Waals surface area contributed by atoms with Gasteiger partial charge in [-0.2, -0.15) is 0 Å². The zero-order valence-corrected chi connectivity index (χ0v) is 13.2. The predicted octanol–water partition coefficient (Wildman–Crippen LogP) is 1.91. The molecule has 0 aliphatic carbocycles. The Hall–Kier alpha value is -1.85. The van der Waals surface area contributed by atoms with E-state index in [0.29, 0.717) is 0 Å². The number of hydrogen-bond acceptors (Lipinski definition) is 4. The van der Waals surface area contributed by atoms with Crippen molar-refractivity contribution in [3.05, 3.63) is 48.0 Å². The first kappa shape index (κ1) is 15.5. The molecule has 0 saturated heterocycles. The molecule has 21 heavy (non-hydrogen) atoms. The number of ether oxygens (including phenoxy) is 1. The number of nitrogens with zero attached hydrogens (tertiary/aromatic N) is 3. The lowest BCUT2D eigenvalue weighted by atomic mass is 10.1. The first-order chi connectivity index (χ1) is 10.2. The minimum atomic E-state index is 0.268. The predicted molar refractivity (Wildman–Crippen MR) is 84.4 cm³/mol. The highest BCUT2D eigenvalue weighted by Gasteiger charge is 2.16. The van der Waals surface area contributed by atoms with Crippen LogP contribution in [0.3, 0.4) is 0 Å². The van der Waals surface area contributed by atoms with Crippen LogP contribution in [0.4, 0.5) is 0 Å². The van der Waals surface area contributed by atoms with Gasteiger partial charge in [0, 0.05) is 19.3 Å². The van der Waals surface area contributed by atoms with Crippen molar-refractivity contribution in [2.45, 2.75) is 19.1 Å². The van der Waals surface area contributed by atoms with Gasteiger partial charge in [-0.15, -0.1) is 0 Å². The van der Waals surface area contributed by atoms with Crippen LogP contribution < -0.4 is 10.1 Å². The number of imidazole rings is 1. The fourth-order valence-electron chi connectivity index (χ4n) is 2.44. The summed E-state index contributed by atoms with van der Waals surface area (Å²) in [6.07, 6.45) is 3.80. The number of rotatable bonds is 7. The van der Waals surface area contributed by atoms with E-state index >= 15 is 0 Å². The monoisotopic (exact) mass is 288 g/mol. The molecular formula is C16H24N4O. The first-order valence-corrected chi connectivity index (χ1v) is 7.09. The van der Waals surface area contributed by atoms with Gasteiger partial charge in [-0.1, -0.05) is 12.1 Å². The molecule has 1 aromatic heterocycles. The molecule has 0 radical (unpaired) electrons. The molecule has 0 amide bonds. The molecule has 1 unspecified atom stereocenters. The molecule has 5 nitrogen and oxygen atoms in total. The van der Waals surface area contributed by atoms with E-state index in [1.54, 1.807) is 7.11 Å². The second kappa shape index (κ2) is 7.24. The molecule has 0 aliphatic rings. The normalized spacial score (nSPS) is 12.6. The summed E-state index contributed by atoms with van der Waals surface area (Å²) in [6.45, 7) is 1.68. The molecule has 0 bridgehead atoms. The van der Waals surface area contributed by atoms with Gasteiger partial charge in [0.05, 0.1) is 25.2 Å². The van der Waals surface area contributed by atoms with Crippen molar-refractivity contribution >= 4 is 0 Å². The van der Waals surface area contributed by atoms with Crippen LogP contribution in [-0.2, 0) is 13.1 Å². The van der Waals surface area contributed by atoms with Gasteiger partial charge >= 0.3 is 0 Å². The molecule has 1 atom stereocenters. The van der Waals surface area contributed by atoms with Crippen molar-refractivity contribution < 1.29 is 4.74 Å². The summed E-state index contributed by atoms with van der Waals surface area (Å²) >= 11 is 0. The van der Waals surface area contributed by atoms with E-state index in [1.807, 2.05) is 31.7 Å². The molecule has 0 saturated carbocycles. The van der Waals surface area contributed by atoms with Gasteiger partial charge in [0.15, 0.2) is 0 Å². The summed E-state index contributed by atoms with van der Waals surface area (Å²) in [5.41, 5.74) is 2.43. The van der Waals surface area contributed by atoms with Gasteiger partial charge in [0.25, 0.3) is 0 Å². The Morgan fingerprint density at radius 1 is 1.38 bits per heavy atom. The maximum atomic E-state index is 5.33. The molecule has 0 fully saturated rings. The number of hydrogen-bond donors (Lipinski definition) is 1. The molecule has 114 valence electrons. The summed E-state index contributed by atoms with van der Waals surface area (Å²) < 4.78 is 7.53. The maximum Gasteiger partial charge on any atom is 0.119 e. The van der Waals surface area contributed by atoms with Gasteiger partial charge in [0.1, 0.15) is 5.75 Å². The summed E-state index contributed by atoms with van der Waals surface area (Å²) in [5, 5.41) is 3.18. The number of likely N-dealkylation sites (N-methyl/N-ethyl adjacent to an activating group) is 1. The van der Waals surface area contributed by atoms with E-state index < -0.39 is 0 Å². The Kier molecular flexibility index (Phi) is 5.36. The van der Waals surface area contributed by atoms with Crippen LogP contribution in [0.5, 0.6) is 5.75 Å². The largest absolute Gasteiger partial charge is 0.497 e. The van der Waals surface area contributed by atoms with Crippen molar-refractivity contribution in [3.63, 3.8) is 0 Å². The van der Waals surface area contributed by atoms with Gasteiger partial charge < -0.3 is 19.5 Å². The first-order valence-electron chi connectivity index (χ1n) is 7.09. The molecule has 1 aromatic carbocycles. The van der Waals surface area contributed by atoms with Gasteiger partial charge in [0.2, 0.25) is 0 Å². The summed E-state index contributed by atoms with van der Waals surface area (Å²) in [7, 11) is 7.84. The highest BCUT2D eigenvalue weighted by Crippen LogP contribution is 2.24. The Balaban J connectivity index is 2.24. The van der Waals surface area contributed by atoms with Gasteiger partial charge in [-0.3, -0.25) is 0 Å². The van der Waals surface area contributed by atoms with E-state index in [9.17, 15) is 0 Å². The summed E-state index contributed by atoms with van der Waals surface area (Å²) in [6, 6.07) is 8.51. The van der Waals surface area contributed by atoms with E-state index in [4.69, 9.17) is 4.74 Å². The van der Waals surface area contributed by atoms with Crippen LogP contribution in [0.1, 0.15) is 17.3 Å². The number of benzene rings is 1. The average molecular weight is 288 g/mol. The Labute approximate surface area is 126 Å². The lowest BCUT2D eigenvalue weighted by molar-refractivity contribution is 0.266. The third kappa shape index (κ3) is 3.83. The zero-order chi connectivity index (χ0) is 15.2. The third-order valence-corrected chi connectivity index (χ3v) is 3.63. The minimum Gasteiger partial charge on any atom is -0.497 e. The third-order valence-electron chi connectivity index (χ3n) is 3.63. The second-order valence-corrected chi connectivity index (χ2v) is 5.32. The van der Waals surface area contributed by atoms with Crippen LogP contribution in [0, 0.1) is 0 Å². The number of nitrogens with one attached hydrogen (secondary N) is 1. The maximum absolute atomic E-state index is 5.33. The summed E-state index contributed by atoms with van der Waals surface area (Å²) in [5.74, 6) is 0.889. The molecule has 0 aliphatic heterocycles. The van der Waals surface area contributed by atoms with Crippen LogP contribution in [0.2, 0.25) is 0 Å². The van der Waals surface area contributed by atoms with Crippen LogP contribution in [0.15, 0.2) is 36.8 Å². The zero-order valence-electron chi connectivity index (χ0n) is 13.2. The smallest absolute Gasteiger partial charge is 0.119 e. The fraction of sp³-hybridized carbons (Fsp3) is 0.438. The summed E-state index contributed by atoms with van der Waals surface area (Å²) in [4.78, 5) is 6.48. The van der Waals surface area contributed by atoms with Crippen molar-refractivity contribution in [2.24, 2.45) is 0 Å². The topological polar surface area (TPSA) is 42.3 Å². The molecule has 1 N–H and O–H groups in total. The standard InChI is InChI=1S/C16H24N4O/c1-17-9-14-10-18-12-20(14)11-16(19(2)3)13-6-5-7-15(8-13)21-4/h5-8,10,12,16-17H,9,11H2,1-4H3. The molecule has 2 aromatic rings. The molecular weight excluding hydrogens is 264 g/mol. The SMILES string of the molecule is CNCc1cncn1CC(c1cccc(OC)c1)N(C)C. The molecule has 1 heterocycles. The lowest BCUT2D eigenvalue weighted by Gasteiger charge is -2.26. The van der Waals surface area contributed by atoms with Gasteiger partial charge in [-0.25, -0.2) is 4.98 Å². The van der Waals surface area contributed by atoms with Gasteiger partial charge in [-0.05, 0) is 38.8 Å². The van der Waals surface area contributed by atoms with Crippen LogP contribution in [0.25, 0.3) is 0 Å². The molecule has 2 rings (SSSR count). The minimum absolute atomic E-state index is 0.268. The fourth-order valence-corrected chi connectivity index (χ4v) is 2.44. The highest BCUT2D eigenvalue weighted by atomic mass is 16.5. The lowest BCUT2D eigenvalue weighted by Crippen LogP contribution is -2.25. The van der Waals surface area contributed by atoms with E-state index in [-0.39, 0.29) is 6.04 Å². The van der Waals surface area contributed by atoms with Crippen molar-refractivity contribution in [1.82, 2.24) is 19.8 Å². The van der Waals surface area contributed by atoms with Crippen molar-refractivity contribution in [1.29, 1.82) is 0 Å². The van der Waals surface area contributed by atoms with Crippen LogP contribution in [-0.4, -0.2) is 42.7 Å². The van der Waals surface area contributed by atoms with E-state index in [1.165, 1.54) is 11.3 Å². The second-order valence-electron chi connectivity index (χ2n) is 5.32. The molecule has 5 heteroatoms. The average Bonchev–Trinajstić information content (AvgIpc) is 2.92. The highest BCUT2D eigenvalue weighted by molar-refractivity contribution is 5.30. The van der Waals surface area contributed by atoms with Crippen LogP contribution >= 0.6 is 0 Å². The number of methoxy groups -OCH3 is 1. The van der Waals surface area contributed by atoms with Crippen molar-refractivity contribution in [2.75, 3.05) is 28.3 Å². The number of aromatic nitrogens is 2. The van der Waals surface area contributed by atoms with Crippen molar-refractivity contribution in [3.8, 4) is 5.75 Å².